The number of unbranched alkanes of at least 4 members (excludes halogenated alkanes) is 7. The molecule has 0 atom stereocenters. The van der Waals surface area contributed by atoms with Crippen LogP contribution in [0.4, 0.5) is 0 Å². The molecule has 0 aliphatic carbocycles. The summed E-state index contributed by atoms with van der Waals surface area (Å²) in [5, 5.41) is 0. The molecular formula is C11H20ClI. The van der Waals surface area contributed by atoms with Crippen LogP contribution < -0.4 is 0 Å². The first kappa shape index (κ1) is 13.8. The Bertz CT molecular complexity index is 113. The Morgan fingerprint density at radius 1 is 0.846 bits per heavy atom. The molecule has 78 valence electrons. The van der Waals surface area contributed by atoms with Crippen LogP contribution >= 0.6 is 34.2 Å². The van der Waals surface area contributed by atoms with Gasteiger partial charge in [0.1, 0.15) is 0 Å². The monoisotopic (exact) mass is 314 g/mol. The molecule has 0 bridgehead atoms. The van der Waals surface area contributed by atoms with Crippen molar-refractivity contribution >= 4 is 34.2 Å². The second kappa shape index (κ2) is 12.8. The first-order chi connectivity index (χ1) is 6.41. The van der Waals surface area contributed by atoms with Gasteiger partial charge in [0.25, 0.3) is 0 Å². The molecule has 0 nitrogen and oxygen atoms in total. The first-order valence-corrected chi connectivity index (χ1v) is 7.01. The summed E-state index contributed by atoms with van der Waals surface area (Å²) in [5.74, 6) is 0.834. The third-order valence-electron chi connectivity index (χ3n) is 2.09. The average molecular weight is 315 g/mol. The minimum Gasteiger partial charge on any atom is -0.127 e. The summed E-state index contributed by atoms with van der Waals surface area (Å²) in [5.41, 5.74) is 0. The van der Waals surface area contributed by atoms with E-state index in [2.05, 4.69) is 32.7 Å². The molecule has 0 rings (SSSR count). The van der Waals surface area contributed by atoms with E-state index in [0.717, 1.165) is 5.88 Å². The van der Waals surface area contributed by atoms with Crippen molar-refractivity contribution in [3.8, 4) is 0 Å². The van der Waals surface area contributed by atoms with Gasteiger partial charge in [-0.05, 0) is 23.3 Å². The van der Waals surface area contributed by atoms with Gasteiger partial charge in [-0.3, -0.25) is 0 Å². The van der Waals surface area contributed by atoms with Gasteiger partial charge in [-0.15, -0.1) is 11.6 Å². The van der Waals surface area contributed by atoms with Crippen LogP contribution in [-0.4, -0.2) is 5.88 Å². The molecule has 0 aromatic heterocycles. The van der Waals surface area contributed by atoms with Crippen molar-refractivity contribution in [3.05, 3.63) is 10.2 Å². The van der Waals surface area contributed by atoms with Crippen molar-refractivity contribution in [1.82, 2.24) is 0 Å². The van der Waals surface area contributed by atoms with Crippen molar-refractivity contribution in [1.29, 1.82) is 0 Å². The predicted molar refractivity (Wildman–Crippen MR) is 70.8 cm³/mol. The van der Waals surface area contributed by atoms with Gasteiger partial charge in [0.05, 0.1) is 0 Å². The highest BCUT2D eigenvalue weighted by atomic mass is 127. The molecule has 0 aromatic carbocycles. The normalized spacial score (nSPS) is 11.2. The molecule has 2 heteroatoms. The Balaban J connectivity index is 2.83. The van der Waals surface area contributed by atoms with Gasteiger partial charge < -0.3 is 0 Å². The number of rotatable bonds is 9. The molecule has 0 heterocycles. The summed E-state index contributed by atoms with van der Waals surface area (Å²) in [6.45, 7) is 0. The van der Waals surface area contributed by atoms with Crippen molar-refractivity contribution in [2.24, 2.45) is 0 Å². The lowest BCUT2D eigenvalue weighted by Crippen LogP contribution is -1.80. The van der Waals surface area contributed by atoms with E-state index in [1.165, 1.54) is 51.4 Å². The van der Waals surface area contributed by atoms with Gasteiger partial charge in [-0.1, -0.05) is 60.8 Å². The summed E-state index contributed by atoms with van der Waals surface area (Å²) >= 11 is 7.87. The fourth-order valence-electron chi connectivity index (χ4n) is 1.30. The van der Waals surface area contributed by atoms with Crippen LogP contribution in [0, 0.1) is 0 Å². The molecule has 0 saturated heterocycles. The van der Waals surface area contributed by atoms with Crippen molar-refractivity contribution < 1.29 is 0 Å². The van der Waals surface area contributed by atoms with Crippen molar-refractivity contribution in [3.63, 3.8) is 0 Å². The summed E-state index contributed by atoms with van der Waals surface area (Å²) < 4.78 is 2.11. The van der Waals surface area contributed by atoms with Crippen molar-refractivity contribution in [2.45, 2.75) is 51.4 Å². The number of alkyl halides is 1. The maximum Gasteiger partial charge on any atom is 0.0223 e. The summed E-state index contributed by atoms with van der Waals surface area (Å²) in [7, 11) is 0. The highest BCUT2D eigenvalue weighted by molar-refractivity contribution is 14.1. The predicted octanol–water partition coefficient (Wildman–Crippen LogP) is 5.29. The Morgan fingerprint density at radius 2 is 1.38 bits per heavy atom. The number of halogens is 2. The maximum atomic E-state index is 5.59. The minimum absolute atomic E-state index is 0.834. The molecule has 0 aliphatic heterocycles. The standard InChI is InChI=1S/C11H20ClI/c12-10-8-6-4-2-1-3-5-7-9-11-13/h9,11H,1-8,10H2/b11-9-. The largest absolute Gasteiger partial charge is 0.127 e. The third kappa shape index (κ3) is 12.8. The maximum absolute atomic E-state index is 5.59. The smallest absolute Gasteiger partial charge is 0.0223 e. The molecule has 0 fully saturated rings. The van der Waals surface area contributed by atoms with Gasteiger partial charge in [0, 0.05) is 5.88 Å². The van der Waals surface area contributed by atoms with E-state index >= 15 is 0 Å². The van der Waals surface area contributed by atoms with Crippen LogP contribution in [0.25, 0.3) is 0 Å². The van der Waals surface area contributed by atoms with E-state index in [4.69, 9.17) is 11.6 Å². The van der Waals surface area contributed by atoms with Gasteiger partial charge >= 0.3 is 0 Å². The van der Waals surface area contributed by atoms with Gasteiger partial charge in [-0.2, -0.15) is 0 Å². The van der Waals surface area contributed by atoms with E-state index in [9.17, 15) is 0 Å². The zero-order valence-electron chi connectivity index (χ0n) is 8.27. The summed E-state index contributed by atoms with van der Waals surface area (Å²) in [6.07, 6.45) is 12.9. The molecule has 0 radical (unpaired) electrons. The Labute approximate surface area is 101 Å². The van der Waals surface area contributed by atoms with Crippen LogP contribution in [0.5, 0.6) is 0 Å². The average Bonchev–Trinajstić information content (AvgIpc) is 2.16. The van der Waals surface area contributed by atoms with Crippen LogP contribution in [0.2, 0.25) is 0 Å². The van der Waals surface area contributed by atoms with Gasteiger partial charge in [-0.25, -0.2) is 0 Å². The Hall–Kier alpha value is 0.760. The minimum atomic E-state index is 0.834. The van der Waals surface area contributed by atoms with Crippen molar-refractivity contribution in [2.75, 3.05) is 5.88 Å². The van der Waals surface area contributed by atoms with Crippen LogP contribution in [0.3, 0.4) is 0 Å². The van der Waals surface area contributed by atoms with E-state index < -0.39 is 0 Å². The SMILES string of the molecule is ClCCCCCCCCC/C=C\I. The quantitative estimate of drug-likeness (QED) is 0.308. The number of hydrogen-bond acceptors (Lipinski definition) is 0. The summed E-state index contributed by atoms with van der Waals surface area (Å²) in [6, 6.07) is 0. The summed E-state index contributed by atoms with van der Waals surface area (Å²) in [4.78, 5) is 0. The lowest BCUT2D eigenvalue weighted by molar-refractivity contribution is 0.593. The van der Waals surface area contributed by atoms with Gasteiger partial charge in [0.15, 0.2) is 0 Å². The topological polar surface area (TPSA) is 0 Å². The Kier molecular flexibility index (Phi) is 13.5. The molecule has 13 heavy (non-hydrogen) atoms. The highest BCUT2D eigenvalue weighted by Gasteiger charge is 1.90. The molecule has 0 saturated carbocycles. The Morgan fingerprint density at radius 3 is 1.92 bits per heavy atom. The van der Waals surface area contributed by atoms with Crippen LogP contribution in [-0.2, 0) is 0 Å². The van der Waals surface area contributed by atoms with E-state index in [0.29, 0.717) is 0 Å². The first-order valence-electron chi connectivity index (χ1n) is 5.23. The molecular weight excluding hydrogens is 294 g/mol. The van der Waals surface area contributed by atoms with Crippen LogP contribution in [0.1, 0.15) is 51.4 Å². The molecule has 0 unspecified atom stereocenters. The third-order valence-corrected chi connectivity index (χ3v) is 2.87. The number of hydrogen-bond donors (Lipinski definition) is 0. The molecule has 0 amide bonds. The second-order valence-corrected chi connectivity index (χ2v) is 4.41. The number of allylic oxidation sites excluding steroid dienone is 1. The zero-order valence-corrected chi connectivity index (χ0v) is 11.2. The molecule has 0 N–H and O–H groups in total. The van der Waals surface area contributed by atoms with Crippen LogP contribution in [0.15, 0.2) is 10.2 Å². The lowest BCUT2D eigenvalue weighted by Gasteiger charge is -1.99. The van der Waals surface area contributed by atoms with E-state index in [-0.39, 0.29) is 0 Å². The zero-order chi connectivity index (χ0) is 9.78. The highest BCUT2D eigenvalue weighted by Crippen LogP contribution is 2.09. The van der Waals surface area contributed by atoms with E-state index in [1.807, 2.05) is 0 Å². The molecule has 0 aromatic rings. The molecule has 0 spiro atoms. The van der Waals surface area contributed by atoms with Gasteiger partial charge in [0.2, 0.25) is 0 Å². The second-order valence-electron chi connectivity index (χ2n) is 3.31. The van der Waals surface area contributed by atoms with E-state index in [1.54, 1.807) is 0 Å². The molecule has 0 aliphatic rings. The fourth-order valence-corrected chi connectivity index (χ4v) is 1.85. The fraction of sp³-hybridized carbons (Fsp3) is 0.818. The lowest BCUT2D eigenvalue weighted by atomic mass is 10.1.